The molecule has 0 saturated carbocycles. The minimum atomic E-state index is -4.78. The van der Waals surface area contributed by atoms with E-state index >= 15 is 0 Å². The Hall–Kier alpha value is -1.96. The van der Waals surface area contributed by atoms with Crippen LogP contribution in [0.1, 0.15) is 120 Å². The number of halogens is 2. The number of benzene rings is 4. The molecule has 0 saturated heterocycles. The molecule has 0 radical (unpaired) electrons. The molecular formula is C44H53Cl2SiZr. The second-order valence-electron chi connectivity index (χ2n) is 14.9. The Kier molecular flexibility index (Phi) is 10.4. The van der Waals surface area contributed by atoms with E-state index in [0.29, 0.717) is 11.8 Å². The summed E-state index contributed by atoms with van der Waals surface area (Å²) < 4.78 is 0.232. The molecular weight excluding hydrogens is 719 g/mol. The molecule has 0 heterocycles. The van der Waals surface area contributed by atoms with Gasteiger partial charge in [-0.2, -0.15) is 0 Å². The molecule has 2 aliphatic rings. The van der Waals surface area contributed by atoms with Crippen molar-refractivity contribution in [3.8, 4) is 22.3 Å². The Bertz CT molecular complexity index is 1730. The topological polar surface area (TPSA) is 0 Å². The maximum absolute atomic E-state index is 8.64. The van der Waals surface area contributed by atoms with E-state index in [-0.39, 0.29) is 7.25 Å². The van der Waals surface area contributed by atoms with E-state index in [1.165, 1.54) is 66.8 Å². The zero-order valence-electron chi connectivity index (χ0n) is 30.2. The first-order chi connectivity index (χ1) is 23.0. The van der Waals surface area contributed by atoms with Crippen molar-refractivity contribution in [3.63, 3.8) is 0 Å². The van der Waals surface area contributed by atoms with Crippen LogP contribution in [0.5, 0.6) is 0 Å². The van der Waals surface area contributed by atoms with Crippen LogP contribution in [0.2, 0.25) is 13.1 Å². The Morgan fingerprint density at radius 1 is 0.583 bits per heavy atom. The van der Waals surface area contributed by atoms with Gasteiger partial charge < -0.3 is 0 Å². The van der Waals surface area contributed by atoms with Crippen molar-refractivity contribution in [1.29, 1.82) is 0 Å². The van der Waals surface area contributed by atoms with Crippen molar-refractivity contribution >= 4 is 35.1 Å². The van der Waals surface area contributed by atoms with E-state index in [2.05, 4.69) is 152 Å². The first-order valence-corrected chi connectivity index (χ1v) is 34.7. The summed E-state index contributed by atoms with van der Waals surface area (Å²) in [5, 5.41) is 0. The van der Waals surface area contributed by atoms with Crippen LogP contribution < -0.4 is 0 Å². The van der Waals surface area contributed by atoms with Crippen LogP contribution in [0, 0.1) is 0 Å². The van der Waals surface area contributed by atoms with Gasteiger partial charge in [0.2, 0.25) is 0 Å². The van der Waals surface area contributed by atoms with Gasteiger partial charge in [0.25, 0.3) is 0 Å². The molecule has 0 nitrogen and oxygen atoms in total. The monoisotopic (exact) mass is 769 g/mol. The summed E-state index contributed by atoms with van der Waals surface area (Å²) in [7, 11) is 17.3. The molecule has 251 valence electrons. The average molecular weight is 772 g/mol. The van der Waals surface area contributed by atoms with Crippen molar-refractivity contribution in [1.82, 2.24) is 0 Å². The van der Waals surface area contributed by atoms with Gasteiger partial charge >= 0.3 is 302 Å². The van der Waals surface area contributed by atoms with Crippen LogP contribution in [0.15, 0.2) is 96.1 Å². The normalized spacial score (nSPS) is 19.3. The molecule has 0 bridgehead atoms. The fraction of sp³-hybridized carbons (Fsp3) is 0.364. The van der Waals surface area contributed by atoms with Crippen LogP contribution in [0.4, 0.5) is 0 Å². The second-order valence-corrected chi connectivity index (χ2v) is 57.4. The molecule has 4 aromatic carbocycles. The second kappa shape index (κ2) is 14.0. The average Bonchev–Trinajstić information content (AvgIpc) is 3.71. The quantitative estimate of drug-likeness (QED) is 0.133. The molecule has 4 heteroatoms. The molecule has 0 spiro atoms. The summed E-state index contributed by atoms with van der Waals surface area (Å²) in [5.74, 6) is -0.480. The predicted octanol–water partition coefficient (Wildman–Crippen LogP) is 14.4. The van der Waals surface area contributed by atoms with Gasteiger partial charge in [-0.1, -0.05) is 0 Å². The van der Waals surface area contributed by atoms with E-state index < -0.39 is 21.5 Å². The minimum absolute atomic E-state index is 0.116. The van der Waals surface area contributed by atoms with Crippen molar-refractivity contribution in [2.45, 2.75) is 99.4 Å². The standard InChI is InChI=1S/2C21H23.C2H7Si.2ClH.Zr/c2*1-4-15(3)17-9-11-18(12-10-17)20-8-6-7-19-13-16(5-2)14-21(19)20;1-3-2;;;/h2*6-15H,4-5H2,1-3H3;3H,1-2H3;2*1H;/q;;;;;+2/p-2. The molecule has 48 heavy (non-hydrogen) atoms. The molecule has 0 N–H and O–H groups in total. The summed E-state index contributed by atoms with van der Waals surface area (Å²) >= 11 is -4.78. The SMILES string of the molecule is CCC1=Cc2c(-c3ccc(C(C)CC)cc3)cccc2[CH]1[Zr]([Cl])([Cl])([CH]1C(CC)=Cc2c(-c3ccc(C(C)CC)cc3)cccc21)[SiH](C)C. The molecule has 0 amide bonds. The zero-order valence-corrected chi connectivity index (χ0v) is 35.3. The van der Waals surface area contributed by atoms with Gasteiger partial charge in [0.15, 0.2) is 0 Å². The van der Waals surface area contributed by atoms with E-state index in [0.717, 1.165) is 25.7 Å². The Morgan fingerprint density at radius 2 is 0.958 bits per heavy atom. The van der Waals surface area contributed by atoms with E-state index in [1.807, 2.05) is 0 Å². The summed E-state index contributed by atoms with van der Waals surface area (Å²) in [6.07, 6.45) is 9.18. The molecule has 0 fully saturated rings. The van der Waals surface area contributed by atoms with Gasteiger partial charge in [0.1, 0.15) is 0 Å². The Balaban J connectivity index is 1.50. The number of hydrogen-bond donors (Lipinski definition) is 0. The fourth-order valence-corrected chi connectivity index (χ4v) is 40.4. The maximum atomic E-state index is 8.64. The third kappa shape index (κ3) is 5.86. The van der Waals surface area contributed by atoms with Crippen LogP contribution in [0.3, 0.4) is 0 Å². The van der Waals surface area contributed by atoms with Gasteiger partial charge in [0, 0.05) is 0 Å². The van der Waals surface area contributed by atoms with E-state index in [4.69, 9.17) is 17.0 Å². The van der Waals surface area contributed by atoms with E-state index in [9.17, 15) is 0 Å². The van der Waals surface area contributed by atoms with Crippen molar-refractivity contribution in [3.05, 3.63) is 129 Å². The number of hydrogen-bond acceptors (Lipinski definition) is 0. The molecule has 0 aliphatic heterocycles. The van der Waals surface area contributed by atoms with Gasteiger partial charge in [-0.05, 0) is 0 Å². The van der Waals surface area contributed by atoms with Gasteiger partial charge in [-0.15, -0.1) is 0 Å². The Labute approximate surface area is 299 Å². The molecule has 2 aliphatic carbocycles. The van der Waals surface area contributed by atoms with Crippen LogP contribution in [-0.2, 0) is 15.6 Å². The molecule has 4 atom stereocenters. The Morgan fingerprint density at radius 3 is 1.27 bits per heavy atom. The first-order valence-electron chi connectivity index (χ1n) is 18.4. The van der Waals surface area contributed by atoms with Crippen LogP contribution >= 0.6 is 17.0 Å². The molecule has 6 rings (SSSR count). The van der Waals surface area contributed by atoms with Crippen LogP contribution in [0.25, 0.3) is 34.4 Å². The zero-order chi connectivity index (χ0) is 34.4. The number of allylic oxidation sites excluding steroid dienone is 2. The van der Waals surface area contributed by atoms with Crippen molar-refractivity contribution < 1.29 is 15.6 Å². The van der Waals surface area contributed by atoms with Crippen LogP contribution in [-0.4, -0.2) is 5.92 Å². The summed E-state index contributed by atoms with van der Waals surface area (Å²) in [5.41, 5.74) is 16.2. The van der Waals surface area contributed by atoms with Crippen molar-refractivity contribution in [2.75, 3.05) is 0 Å². The predicted molar refractivity (Wildman–Crippen MR) is 214 cm³/mol. The number of rotatable bonds is 11. The summed E-state index contributed by atoms with van der Waals surface area (Å²) in [6, 6.07) is 32.3. The van der Waals surface area contributed by atoms with Crippen molar-refractivity contribution in [2.24, 2.45) is 0 Å². The molecule has 4 aromatic rings. The summed E-state index contributed by atoms with van der Waals surface area (Å²) in [4.78, 5) is 0. The van der Waals surface area contributed by atoms with Gasteiger partial charge in [-0.25, -0.2) is 0 Å². The number of fused-ring (bicyclic) bond motifs is 2. The van der Waals surface area contributed by atoms with E-state index in [1.54, 1.807) is 0 Å². The third-order valence-corrected chi connectivity index (χ3v) is 64.0. The fourth-order valence-electron chi connectivity index (χ4n) is 8.63. The first kappa shape index (κ1) is 35.9. The summed E-state index contributed by atoms with van der Waals surface area (Å²) in [6.45, 7) is 18.7. The van der Waals surface area contributed by atoms with Gasteiger partial charge in [0.05, 0.1) is 0 Å². The molecule has 0 aromatic heterocycles. The molecule has 4 unspecified atom stereocenters. The third-order valence-electron chi connectivity index (χ3n) is 12.1. The van der Waals surface area contributed by atoms with Gasteiger partial charge in [-0.3, -0.25) is 0 Å².